The molecule has 0 bridgehead atoms. The molecule has 0 unspecified atom stereocenters. The van der Waals surface area contributed by atoms with Gasteiger partial charge in [0.1, 0.15) is 17.6 Å². The fourth-order valence-corrected chi connectivity index (χ4v) is 4.37. The molecule has 180 valence electrons. The molecule has 0 saturated heterocycles. The first-order chi connectivity index (χ1) is 16.4. The number of halogens is 2. The molecule has 0 spiro atoms. The van der Waals surface area contributed by atoms with Gasteiger partial charge in [0.25, 0.3) is 5.91 Å². The van der Waals surface area contributed by atoms with E-state index in [1.165, 1.54) is 17.0 Å². The quantitative estimate of drug-likeness (QED) is 0.318. The van der Waals surface area contributed by atoms with E-state index in [1.54, 1.807) is 12.1 Å². The fourth-order valence-electron chi connectivity index (χ4n) is 3.76. The summed E-state index contributed by atoms with van der Waals surface area (Å²) in [7, 11) is 0. The number of hydrogen-bond acceptors (Lipinski definition) is 3. The van der Waals surface area contributed by atoms with Gasteiger partial charge in [-0.2, -0.15) is 0 Å². The second-order valence-corrected chi connectivity index (χ2v) is 8.90. The lowest BCUT2D eigenvalue weighted by atomic mass is 10.1. The van der Waals surface area contributed by atoms with E-state index in [-0.39, 0.29) is 30.8 Å². The Kier molecular flexibility index (Phi) is 9.45. The van der Waals surface area contributed by atoms with Gasteiger partial charge >= 0.3 is 0 Å². The number of ether oxygens (including phenoxy) is 1. The standard InChI is InChI=1S/C27H30BrFN2O3/c1-3-5-16-30-27(33)23(4-2)31(17-19-10-13-21(29)14-11-19)25(32)18-34-24-15-12-20-8-6-7-9-22(20)26(24)28/h6-15,23H,3-5,16-18H2,1-2H3,(H,30,33)/t23-/m0/s1. The molecule has 2 amide bonds. The average Bonchev–Trinajstić information content (AvgIpc) is 2.85. The Labute approximate surface area is 208 Å². The molecule has 5 nitrogen and oxygen atoms in total. The summed E-state index contributed by atoms with van der Waals surface area (Å²) in [6, 6.07) is 16.9. The van der Waals surface area contributed by atoms with Crippen LogP contribution in [0.4, 0.5) is 4.39 Å². The van der Waals surface area contributed by atoms with Crippen LogP contribution in [0.5, 0.6) is 5.75 Å². The van der Waals surface area contributed by atoms with Crippen LogP contribution in [-0.4, -0.2) is 35.9 Å². The zero-order valence-electron chi connectivity index (χ0n) is 19.5. The number of rotatable bonds is 11. The maximum atomic E-state index is 13.4. The third kappa shape index (κ3) is 6.56. The SMILES string of the molecule is CCCCNC(=O)[C@H](CC)N(Cc1ccc(F)cc1)C(=O)COc1ccc2ccccc2c1Br. The van der Waals surface area contributed by atoms with Gasteiger partial charge in [-0.15, -0.1) is 0 Å². The van der Waals surface area contributed by atoms with Crippen LogP contribution in [0, 0.1) is 5.82 Å². The van der Waals surface area contributed by atoms with Crippen LogP contribution in [0.1, 0.15) is 38.7 Å². The van der Waals surface area contributed by atoms with Gasteiger partial charge in [-0.3, -0.25) is 9.59 Å². The molecule has 3 rings (SSSR count). The zero-order chi connectivity index (χ0) is 24.5. The minimum atomic E-state index is -0.655. The molecular weight excluding hydrogens is 499 g/mol. The van der Waals surface area contributed by atoms with Crippen LogP contribution in [0.15, 0.2) is 65.1 Å². The molecule has 1 atom stereocenters. The number of nitrogens with one attached hydrogen (secondary N) is 1. The lowest BCUT2D eigenvalue weighted by Gasteiger charge is -2.30. The van der Waals surface area contributed by atoms with E-state index in [0.717, 1.165) is 33.7 Å². The molecule has 0 aromatic heterocycles. The highest BCUT2D eigenvalue weighted by molar-refractivity contribution is 9.10. The van der Waals surface area contributed by atoms with Crippen molar-refractivity contribution in [1.82, 2.24) is 10.2 Å². The largest absolute Gasteiger partial charge is 0.483 e. The van der Waals surface area contributed by atoms with Crippen molar-refractivity contribution in [1.29, 1.82) is 0 Å². The van der Waals surface area contributed by atoms with Crippen LogP contribution < -0.4 is 10.1 Å². The van der Waals surface area contributed by atoms with Crippen molar-refractivity contribution in [2.45, 2.75) is 45.7 Å². The lowest BCUT2D eigenvalue weighted by molar-refractivity contribution is -0.143. The summed E-state index contributed by atoms with van der Waals surface area (Å²) < 4.78 is 20.1. The predicted molar refractivity (Wildman–Crippen MR) is 136 cm³/mol. The molecule has 0 fully saturated rings. The number of hydrogen-bond donors (Lipinski definition) is 1. The van der Waals surface area contributed by atoms with Crippen molar-refractivity contribution in [2.24, 2.45) is 0 Å². The number of nitrogens with zero attached hydrogens (tertiary/aromatic N) is 1. The van der Waals surface area contributed by atoms with Crippen LogP contribution in [0.2, 0.25) is 0 Å². The molecule has 0 aliphatic rings. The Morgan fingerprint density at radius 2 is 1.79 bits per heavy atom. The number of fused-ring (bicyclic) bond motifs is 1. The summed E-state index contributed by atoms with van der Waals surface area (Å²) in [5.41, 5.74) is 0.737. The van der Waals surface area contributed by atoms with Gasteiger partial charge in [-0.1, -0.05) is 62.7 Å². The highest BCUT2D eigenvalue weighted by atomic mass is 79.9. The van der Waals surface area contributed by atoms with E-state index in [2.05, 4.69) is 28.2 Å². The number of benzene rings is 3. The molecule has 1 N–H and O–H groups in total. The first-order valence-electron chi connectivity index (χ1n) is 11.6. The van der Waals surface area contributed by atoms with Crippen LogP contribution in [0.3, 0.4) is 0 Å². The van der Waals surface area contributed by atoms with Gasteiger partial charge in [0, 0.05) is 13.1 Å². The van der Waals surface area contributed by atoms with Crippen molar-refractivity contribution < 1.29 is 18.7 Å². The van der Waals surface area contributed by atoms with Gasteiger partial charge in [0.15, 0.2) is 6.61 Å². The summed E-state index contributed by atoms with van der Waals surface area (Å²) in [4.78, 5) is 27.7. The van der Waals surface area contributed by atoms with Gasteiger partial charge in [-0.05, 0) is 63.3 Å². The van der Waals surface area contributed by atoms with Gasteiger partial charge in [-0.25, -0.2) is 4.39 Å². The highest BCUT2D eigenvalue weighted by Gasteiger charge is 2.29. The fraction of sp³-hybridized carbons (Fsp3) is 0.333. The van der Waals surface area contributed by atoms with Gasteiger partial charge in [0.2, 0.25) is 5.91 Å². The number of carbonyl (C=O) groups is 2. The molecule has 0 aliphatic heterocycles. The molecule has 0 aliphatic carbocycles. The van der Waals surface area contributed by atoms with Crippen molar-refractivity contribution in [2.75, 3.05) is 13.2 Å². The summed E-state index contributed by atoms with van der Waals surface area (Å²) >= 11 is 3.58. The van der Waals surface area contributed by atoms with Crippen molar-refractivity contribution >= 4 is 38.5 Å². The van der Waals surface area contributed by atoms with Gasteiger partial charge in [0.05, 0.1) is 4.47 Å². The molecule has 34 heavy (non-hydrogen) atoms. The number of carbonyl (C=O) groups excluding carboxylic acids is 2. The second kappa shape index (κ2) is 12.5. The van der Waals surface area contributed by atoms with Crippen molar-refractivity contribution in [3.63, 3.8) is 0 Å². The number of amides is 2. The molecular formula is C27H30BrFN2O3. The summed E-state index contributed by atoms with van der Waals surface area (Å²) in [5.74, 6) is -0.315. The number of unbranched alkanes of at least 4 members (excludes halogenated alkanes) is 1. The normalized spacial score (nSPS) is 11.8. The van der Waals surface area contributed by atoms with E-state index in [9.17, 15) is 14.0 Å². The van der Waals surface area contributed by atoms with E-state index >= 15 is 0 Å². The first-order valence-corrected chi connectivity index (χ1v) is 12.4. The maximum Gasteiger partial charge on any atom is 0.261 e. The third-order valence-electron chi connectivity index (χ3n) is 5.66. The van der Waals surface area contributed by atoms with Gasteiger partial charge < -0.3 is 15.0 Å². The smallest absolute Gasteiger partial charge is 0.261 e. The third-order valence-corrected chi connectivity index (χ3v) is 6.48. The first kappa shape index (κ1) is 25.7. The molecule has 0 radical (unpaired) electrons. The Morgan fingerprint density at radius 1 is 1.06 bits per heavy atom. The average molecular weight is 529 g/mol. The maximum absolute atomic E-state index is 13.4. The Bertz CT molecular complexity index is 1120. The monoisotopic (exact) mass is 528 g/mol. The van der Waals surface area contributed by atoms with Crippen LogP contribution in [-0.2, 0) is 16.1 Å². The van der Waals surface area contributed by atoms with E-state index in [4.69, 9.17) is 4.74 Å². The van der Waals surface area contributed by atoms with Crippen molar-refractivity contribution in [3.8, 4) is 5.75 Å². The van der Waals surface area contributed by atoms with Crippen LogP contribution >= 0.6 is 15.9 Å². The van der Waals surface area contributed by atoms with E-state index in [1.807, 2.05) is 43.3 Å². The highest BCUT2D eigenvalue weighted by Crippen LogP contribution is 2.33. The topological polar surface area (TPSA) is 58.6 Å². The lowest BCUT2D eigenvalue weighted by Crippen LogP contribution is -2.50. The molecule has 7 heteroatoms. The minimum Gasteiger partial charge on any atom is -0.483 e. The van der Waals surface area contributed by atoms with E-state index < -0.39 is 6.04 Å². The Hall–Kier alpha value is -2.93. The molecule has 3 aromatic carbocycles. The zero-order valence-corrected chi connectivity index (χ0v) is 21.1. The van der Waals surface area contributed by atoms with Crippen molar-refractivity contribution in [3.05, 3.63) is 76.5 Å². The summed E-state index contributed by atoms with van der Waals surface area (Å²) in [6.07, 6.45) is 2.28. The second-order valence-electron chi connectivity index (χ2n) is 8.10. The predicted octanol–water partition coefficient (Wildman–Crippen LogP) is 5.84. The van der Waals surface area contributed by atoms with Crippen LogP contribution in [0.25, 0.3) is 10.8 Å². The Morgan fingerprint density at radius 3 is 2.50 bits per heavy atom. The van der Waals surface area contributed by atoms with E-state index in [0.29, 0.717) is 18.7 Å². The summed E-state index contributed by atoms with van der Waals surface area (Å²) in [5, 5.41) is 4.97. The molecule has 0 saturated carbocycles. The molecule has 3 aromatic rings. The minimum absolute atomic E-state index is 0.182. The summed E-state index contributed by atoms with van der Waals surface area (Å²) in [6.45, 7) is 4.44. The molecule has 0 heterocycles. The Balaban J connectivity index is 1.79.